The average Bonchev–Trinajstić information content (AvgIpc) is 3.17. The predicted octanol–water partition coefficient (Wildman–Crippen LogP) is -0.973. The SMILES string of the molecule is CCS(=O)(=O)NCCCNC(=NC)N1CCN(S(=O)(=O)Cc2ccon2)CC1. The number of nitrogens with zero attached hydrogens (tertiary/aromatic N) is 4. The zero-order valence-electron chi connectivity index (χ0n) is 16.2. The van der Waals surface area contributed by atoms with Gasteiger partial charge in [-0.3, -0.25) is 4.99 Å². The van der Waals surface area contributed by atoms with Crippen LogP contribution < -0.4 is 10.0 Å². The normalized spacial score (nSPS) is 17.1. The van der Waals surface area contributed by atoms with E-state index in [1.165, 1.54) is 10.6 Å². The molecule has 0 amide bonds. The Morgan fingerprint density at radius 3 is 2.50 bits per heavy atom. The van der Waals surface area contributed by atoms with E-state index in [0.29, 0.717) is 57.3 Å². The number of sulfonamides is 2. The van der Waals surface area contributed by atoms with Crippen molar-refractivity contribution in [1.82, 2.24) is 24.4 Å². The van der Waals surface area contributed by atoms with E-state index < -0.39 is 20.0 Å². The fraction of sp³-hybridized carbons (Fsp3) is 0.733. The van der Waals surface area contributed by atoms with Crippen LogP contribution in [0.2, 0.25) is 0 Å². The zero-order valence-corrected chi connectivity index (χ0v) is 17.8. The standard InChI is InChI=1S/C15H28N6O5S2/c1-3-27(22,23)18-7-4-6-17-15(16-2)20-8-10-21(11-9-20)28(24,25)13-14-5-12-26-19-14/h5,12,18H,3-4,6-11,13H2,1-2H3,(H,16,17). The van der Waals surface area contributed by atoms with Crippen LogP contribution in [-0.2, 0) is 25.8 Å². The first-order chi connectivity index (χ1) is 13.3. The topological polar surface area (TPSA) is 137 Å². The molecule has 13 heteroatoms. The lowest BCUT2D eigenvalue weighted by atomic mass is 10.4. The maximum absolute atomic E-state index is 12.5. The Morgan fingerprint density at radius 2 is 1.93 bits per heavy atom. The van der Waals surface area contributed by atoms with E-state index in [0.717, 1.165) is 0 Å². The van der Waals surface area contributed by atoms with Crippen molar-refractivity contribution in [3.05, 3.63) is 18.0 Å². The molecule has 0 aliphatic carbocycles. The Kier molecular flexibility index (Phi) is 8.22. The van der Waals surface area contributed by atoms with Gasteiger partial charge in [0, 0.05) is 52.4 Å². The van der Waals surface area contributed by atoms with Crippen LogP contribution >= 0.6 is 0 Å². The summed E-state index contributed by atoms with van der Waals surface area (Å²) in [5.41, 5.74) is 0.388. The molecule has 1 aromatic rings. The minimum Gasteiger partial charge on any atom is -0.364 e. The van der Waals surface area contributed by atoms with Gasteiger partial charge in [0.05, 0.1) is 11.4 Å². The number of piperazine rings is 1. The second kappa shape index (κ2) is 10.2. The molecular weight excluding hydrogens is 408 g/mol. The summed E-state index contributed by atoms with van der Waals surface area (Å²) in [6.45, 7) is 4.25. The fourth-order valence-corrected chi connectivity index (χ4v) is 4.80. The molecular formula is C15H28N6O5S2. The molecule has 2 N–H and O–H groups in total. The number of hydrogen-bond donors (Lipinski definition) is 2. The highest BCUT2D eigenvalue weighted by Gasteiger charge is 2.28. The number of aliphatic imine (C=N–C) groups is 1. The van der Waals surface area contributed by atoms with Crippen LogP contribution in [0.5, 0.6) is 0 Å². The number of rotatable bonds is 9. The molecule has 2 rings (SSSR count). The van der Waals surface area contributed by atoms with E-state index in [-0.39, 0.29) is 11.5 Å². The van der Waals surface area contributed by atoms with Crippen LogP contribution in [0.25, 0.3) is 0 Å². The molecule has 0 aromatic carbocycles. The van der Waals surface area contributed by atoms with Crippen LogP contribution in [0.3, 0.4) is 0 Å². The minimum atomic E-state index is -3.44. The van der Waals surface area contributed by atoms with Gasteiger partial charge in [-0.15, -0.1) is 0 Å². The quantitative estimate of drug-likeness (QED) is 0.286. The Hall–Kier alpha value is -1.70. The van der Waals surface area contributed by atoms with Crippen LogP contribution in [0.15, 0.2) is 21.8 Å². The third-order valence-electron chi connectivity index (χ3n) is 4.30. The molecule has 1 fully saturated rings. The van der Waals surface area contributed by atoms with Crippen molar-refractivity contribution in [3.8, 4) is 0 Å². The zero-order chi connectivity index (χ0) is 20.6. The number of nitrogens with one attached hydrogen (secondary N) is 2. The molecule has 0 spiro atoms. The first-order valence-corrected chi connectivity index (χ1v) is 12.3. The molecule has 0 radical (unpaired) electrons. The number of hydrogen-bond acceptors (Lipinski definition) is 7. The Morgan fingerprint density at radius 1 is 1.21 bits per heavy atom. The highest BCUT2D eigenvalue weighted by atomic mass is 32.2. The molecule has 0 bridgehead atoms. The summed E-state index contributed by atoms with van der Waals surface area (Å²) in [5.74, 6) is 0.558. The van der Waals surface area contributed by atoms with E-state index in [1.807, 2.05) is 4.90 Å². The predicted molar refractivity (Wildman–Crippen MR) is 106 cm³/mol. The summed E-state index contributed by atoms with van der Waals surface area (Å²) in [6.07, 6.45) is 1.97. The maximum atomic E-state index is 12.5. The van der Waals surface area contributed by atoms with Crippen LogP contribution in [-0.4, -0.2) is 89.2 Å². The van der Waals surface area contributed by atoms with Crippen molar-refractivity contribution in [2.45, 2.75) is 19.1 Å². The number of aromatic nitrogens is 1. The smallest absolute Gasteiger partial charge is 0.220 e. The third kappa shape index (κ3) is 6.72. The molecule has 160 valence electrons. The summed E-state index contributed by atoms with van der Waals surface area (Å²) in [6, 6.07) is 1.54. The largest absolute Gasteiger partial charge is 0.364 e. The Bertz CT molecular complexity index is 830. The lowest BCUT2D eigenvalue weighted by molar-refractivity contribution is 0.260. The Balaban J connectivity index is 1.76. The summed E-state index contributed by atoms with van der Waals surface area (Å²) in [7, 11) is -4.96. The molecule has 0 saturated carbocycles. The second-order valence-electron chi connectivity index (χ2n) is 6.26. The van der Waals surface area contributed by atoms with Gasteiger partial charge >= 0.3 is 0 Å². The highest BCUT2D eigenvalue weighted by molar-refractivity contribution is 7.89. The first-order valence-electron chi connectivity index (χ1n) is 9.07. The lowest BCUT2D eigenvalue weighted by Gasteiger charge is -2.35. The van der Waals surface area contributed by atoms with Gasteiger partial charge in [0.1, 0.15) is 12.0 Å². The van der Waals surface area contributed by atoms with Crippen molar-refractivity contribution >= 4 is 26.0 Å². The lowest BCUT2D eigenvalue weighted by Crippen LogP contribution is -2.54. The van der Waals surface area contributed by atoms with Gasteiger partial charge in [0.25, 0.3) is 0 Å². The van der Waals surface area contributed by atoms with E-state index in [9.17, 15) is 16.8 Å². The van der Waals surface area contributed by atoms with Crippen molar-refractivity contribution in [3.63, 3.8) is 0 Å². The van der Waals surface area contributed by atoms with Gasteiger partial charge < -0.3 is 14.7 Å². The molecule has 1 aliphatic rings. The van der Waals surface area contributed by atoms with E-state index >= 15 is 0 Å². The molecule has 2 heterocycles. The third-order valence-corrected chi connectivity index (χ3v) is 7.52. The van der Waals surface area contributed by atoms with Crippen molar-refractivity contribution in [2.24, 2.45) is 4.99 Å². The summed E-state index contributed by atoms with van der Waals surface area (Å²) < 4.78 is 56.4. The minimum absolute atomic E-state index is 0.0614. The van der Waals surface area contributed by atoms with Gasteiger partial charge in [-0.2, -0.15) is 4.31 Å². The molecule has 11 nitrogen and oxygen atoms in total. The van der Waals surface area contributed by atoms with Gasteiger partial charge in [0.15, 0.2) is 5.96 Å². The average molecular weight is 437 g/mol. The van der Waals surface area contributed by atoms with Gasteiger partial charge in [-0.1, -0.05) is 5.16 Å². The summed E-state index contributed by atoms with van der Waals surface area (Å²) in [4.78, 5) is 6.21. The first kappa shape index (κ1) is 22.6. The Labute approximate surface area is 166 Å². The van der Waals surface area contributed by atoms with E-state index in [2.05, 4.69) is 24.7 Å². The summed E-state index contributed by atoms with van der Waals surface area (Å²) >= 11 is 0. The fourth-order valence-electron chi connectivity index (χ4n) is 2.72. The van der Waals surface area contributed by atoms with Crippen molar-refractivity contribution in [2.75, 3.05) is 52.1 Å². The number of guanidine groups is 1. The second-order valence-corrected chi connectivity index (χ2v) is 10.3. The van der Waals surface area contributed by atoms with Crippen LogP contribution in [0.1, 0.15) is 19.0 Å². The van der Waals surface area contributed by atoms with E-state index in [1.54, 1.807) is 20.0 Å². The highest BCUT2D eigenvalue weighted by Crippen LogP contribution is 2.12. The molecule has 0 atom stereocenters. The molecule has 28 heavy (non-hydrogen) atoms. The molecule has 1 aliphatic heterocycles. The maximum Gasteiger partial charge on any atom is 0.220 e. The van der Waals surface area contributed by atoms with E-state index in [4.69, 9.17) is 0 Å². The summed E-state index contributed by atoms with van der Waals surface area (Å²) in [5, 5.41) is 6.84. The van der Waals surface area contributed by atoms with Crippen molar-refractivity contribution < 1.29 is 21.4 Å². The molecule has 1 aromatic heterocycles. The van der Waals surface area contributed by atoms with Gasteiger partial charge in [0.2, 0.25) is 20.0 Å². The molecule has 1 saturated heterocycles. The van der Waals surface area contributed by atoms with Crippen molar-refractivity contribution in [1.29, 1.82) is 0 Å². The van der Waals surface area contributed by atoms with Gasteiger partial charge in [-0.05, 0) is 13.3 Å². The van der Waals surface area contributed by atoms with Gasteiger partial charge in [-0.25, -0.2) is 21.6 Å². The van der Waals surface area contributed by atoms with Crippen LogP contribution in [0, 0.1) is 0 Å². The van der Waals surface area contributed by atoms with Crippen LogP contribution in [0.4, 0.5) is 0 Å². The monoisotopic (exact) mass is 436 g/mol. The molecule has 0 unspecified atom stereocenters.